The number of imide groups is 2. The van der Waals surface area contributed by atoms with Crippen molar-refractivity contribution in [1.82, 2.24) is 5.32 Å². The van der Waals surface area contributed by atoms with Gasteiger partial charge in [-0.1, -0.05) is 6.08 Å². The number of rotatable bonds is 3. The lowest BCUT2D eigenvalue weighted by atomic mass is 10.1. The largest absolute Gasteiger partial charge is 0.465 e. The quantitative estimate of drug-likeness (QED) is 0.458. The Morgan fingerprint density at radius 3 is 2.50 bits per heavy atom. The van der Waals surface area contributed by atoms with Gasteiger partial charge in [-0.3, -0.25) is 14.9 Å². The SMILES string of the molecule is O=C1NC(=O)N(c2ccc(I)cc2)C(=O)/C1=C/C=C/c1ccco1. The van der Waals surface area contributed by atoms with Crippen molar-refractivity contribution < 1.29 is 18.8 Å². The number of allylic oxidation sites excluding steroid dienone is 2. The Morgan fingerprint density at radius 2 is 1.83 bits per heavy atom. The summed E-state index contributed by atoms with van der Waals surface area (Å²) in [5.41, 5.74) is 0.266. The fourth-order valence-corrected chi connectivity index (χ4v) is 2.49. The molecule has 0 unspecified atom stereocenters. The molecule has 1 aromatic carbocycles. The van der Waals surface area contributed by atoms with Gasteiger partial charge in [0.2, 0.25) is 0 Å². The predicted octanol–water partition coefficient (Wildman–Crippen LogP) is 3.11. The van der Waals surface area contributed by atoms with Crippen LogP contribution >= 0.6 is 22.6 Å². The summed E-state index contributed by atoms with van der Waals surface area (Å²) >= 11 is 2.12. The van der Waals surface area contributed by atoms with Gasteiger partial charge in [-0.2, -0.15) is 0 Å². The maximum absolute atomic E-state index is 12.5. The molecule has 1 aliphatic rings. The molecule has 0 saturated carbocycles. The molecule has 1 fully saturated rings. The van der Waals surface area contributed by atoms with Crippen LogP contribution in [0.25, 0.3) is 6.08 Å². The number of carbonyl (C=O) groups is 3. The second-order valence-electron chi connectivity index (χ2n) is 4.83. The van der Waals surface area contributed by atoms with E-state index in [1.807, 2.05) is 0 Å². The van der Waals surface area contributed by atoms with Crippen molar-refractivity contribution in [3.63, 3.8) is 0 Å². The molecule has 6 nitrogen and oxygen atoms in total. The zero-order chi connectivity index (χ0) is 17.1. The van der Waals surface area contributed by atoms with Gasteiger partial charge >= 0.3 is 6.03 Å². The van der Waals surface area contributed by atoms with Gasteiger partial charge < -0.3 is 4.42 Å². The van der Waals surface area contributed by atoms with Crippen molar-refractivity contribution in [2.45, 2.75) is 0 Å². The number of benzene rings is 1. The van der Waals surface area contributed by atoms with E-state index in [0.717, 1.165) is 8.47 Å². The van der Waals surface area contributed by atoms with Crippen molar-refractivity contribution in [1.29, 1.82) is 0 Å². The van der Waals surface area contributed by atoms with Crippen LogP contribution in [0.2, 0.25) is 0 Å². The fourth-order valence-electron chi connectivity index (χ4n) is 2.13. The first-order valence-electron chi connectivity index (χ1n) is 6.93. The van der Waals surface area contributed by atoms with E-state index in [9.17, 15) is 14.4 Å². The molecule has 4 amide bonds. The maximum atomic E-state index is 12.5. The van der Waals surface area contributed by atoms with Gasteiger partial charge in [-0.15, -0.1) is 0 Å². The van der Waals surface area contributed by atoms with Gasteiger partial charge in [0.05, 0.1) is 12.0 Å². The zero-order valence-electron chi connectivity index (χ0n) is 12.2. The van der Waals surface area contributed by atoms with Crippen LogP contribution in [0.15, 0.2) is 64.8 Å². The van der Waals surface area contributed by atoms with E-state index >= 15 is 0 Å². The monoisotopic (exact) mass is 434 g/mol. The molecule has 2 heterocycles. The summed E-state index contributed by atoms with van der Waals surface area (Å²) in [5, 5.41) is 2.17. The molecule has 3 rings (SSSR count). The Labute approximate surface area is 151 Å². The molecule has 0 aliphatic carbocycles. The molecule has 1 aromatic heterocycles. The standard InChI is InChI=1S/C17H11IN2O4/c18-11-6-8-12(9-7-11)20-16(22)14(15(21)19-17(20)23)5-1-3-13-4-2-10-24-13/h1-10H,(H,19,21,23)/b3-1+,14-5+. The van der Waals surface area contributed by atoms with Crippen LogP contribution in [0.4, 0.5) is 10.5 Å². The molecule has 2 aromatic rings. The van der Waals surface area contributed by atoms with Crippen LogP contribution in [-0.2, 0) is 9.59 Å². The van der Waals surface area contributed by atoms with Crippen LogP contribution in [0.5, 0.6) is 0 Å². The van der Waals surface area contributed by atoms with Crippen molar-refractivity contribution in [2.75, 3.05) is 4.90 Å². The number of carbonyl (C=O) groups excluding carboxylic acids is 3. The van der Waals surface area contributed by atoms with Crippen LogP contribution in [0.1, 0.15) is 5.76 Å². The third kappa shape index (κ3) is 3.30. The Morgan fingerprint density at radius 1 is 1.08 bits per heavy atom. The molecule has 120 valence electrons. The summed E-state index contributed by atoms with van der Waals surface area (Å²) < 4.78 is 6.10. The Kier molecular flexibility index (Phi) is 4.61. The second kappa shape index (κ2) is 6.83. The fraction of sp³-hybridized carbons (Fsp3) is 0. The molecule has 7 heteroatoms. The molecule has 0 bridgehead atoms. The third-order valence-corrected chi connectivity index (χ3v) is 3.97. The van der Waals surface area contributed by atoms with E-state index in [0.29, 0.717) is 11.4 Å². The maximum Gasteiger partial charge on any atom is 0.335 e. The molecule has 0 spiro atoms. The summed E-state index contributed by atoms with van der Waals surface area (Å²) in [4.78, 5) is 37.4. The van der Waals surface area contributed by atoms with E-state index in [1.54, 1.807) is 42.5 Å². The minimum absolute atomic E-state index is 0.129. The highest BCUT2D eigenvalue weighted by Crippen LogP contribution is 2.21. The van der Waals surface area contributed by atoms with E-state index in [-0.39, 0.29) is 5.57 Å². The molecular formula is C17H11IN2O4. The van der Waals surface area contributed by atoms with Crippen LogP contribution in [0.3, 0.4) is 0 Å². The van der Waals surface area contributed by atoms with Gasteiger partial charge in [0.15, 0.2) is 0 Å². The second-order valence-corrected chi connectivity index (χ2v) is 6.08. The number of amides is 4. The van der Waals surface area contributed by atoms with Gasteiger partial charge in [0.25, 0.3) is 11.8 Å². The Bertz CT molecular complexity index is 851. The van der Waals surface area contributed by atoms with E-state index in [2.05, 4.69) is 27.9 Å². The van der Waals surface area contributed by atoms with Crippen molar-refractivity contribution in [3.05, 3.63) is 69.7 Å². The lowest BCUT2D eigenvalue weighted by molar-refractivity contribution is -0.122. The average Bonchev–Trinajstić information content (AvgIpc) is 3.05. The summed E-state index contributed by atoms with van der Waals surface area (Å²) in [6, 6.07) is 9.52. The number of nitrogens with zero attached hydrogens (tertiary/aromatic N) is 1. The first-order valence-corrected chi connectivity index (χ1v) is 8.01. The summed E-state index contributed by atoms with van der Waals surface area (Å²) in [6.45, 7) is 0. The van der Waals surface area contributed by atoms with Gasteiger partial charge in [0, 0.05) is 3.57 Å². The number of nitrogens with one attached hydrogen (secondary N) is 1. The van der Waals surface area contributed by atoms with Gasteiger partial charge in [0.1, 0.15) is 11.3 Å². The van der Waals surface area contributed by atoms with E-state index in [1.165, 1.54) is 18.4 Å². The van der Waals surface area contributed by atoms with Crippen molar-refractivity contribution in [3.8, 4) is 0 Å². The highest BCUT2D eigenvalue weighted by atomic mass is 127. The zero-order valence-corrected chi connectivity index (χ0v) is 14.4. The number of furan rings is 1. The number of hydrogen-bond donors (Lipinski definition) is 1. The minimum atomic E-state index is -0.765. The first kappa shape index (κ1) is 16.2. The Balaban J connectivity index is 1.89. The molecule has 1 saturated heterocycles. The third-order valence-electron chi connectivity index (χ3n) is 3.25. The lowest BCUT2D eigenvalue weighted by Crippen LogP contribution is -2.54. The number of halogens is 1. The highest BCUT2D eigenvalue weighted by molar-refractivity contribution is 14.1. The number of barbiturate groups is 1. The lowest BCUT2D eigenvalue weighted by Gasteiger charge is -2.26. The normalized spacial score (nSPS) is 17.0. The van der Waals surface area contributed by atoms with Crippen LogP contribution < -0.4 is 10.2 Å². The first-order chi connectivity index (χ1) is 11.6. The summed E-state index contributed by atoms with van der Waals surface area (Å²) in [5.74, 6) is -0.814. The molecular weight excluding hydrogens is 423 g/mol. The smallest absolute Gasteiger partial charge is 0.335 e. The van der Waals surface area contributed by atoms with E-state index in [4.69, 9.17) is 4.42 Å². The van der Waals surface area contributed by atoms with Crippen molar-refractivity contribution >= 4 is 52.2 Å². The summed E-state index contributed by atoms with van der Waals surface area (Å²) in [6.07, 6.45) is 6.00. The summed E-state index contributed by atoms with van der Waals surface area (Å²) in [7, 11) is 0. The van der Waals surface area contributed by atoms with Gasteiger partial charge in [-0.05, 0) is 71.1 Å². The number of hydrogen-bond acceptors (Lipinski definition) is 4. The average molecular weight is 434 g/mol. The number of anilines is 1. The highest BCUT2D eigenvalue weighted by Gasteiger charge is 2.36. The molecule has 0 atom stereocenters. The Hall–Kier alpha value is -2.68. The van der Waals surface area contributed by atoms with Crippen molar-refractivity contribution in [2.24, 2.45) is 0 Å². The molecule has 0 radical (unpaired) electrons. The molecule has 1 N–H and O–H groups in total. The van der Waals surface area contributed by atoms with E-state index < -0.39 is 17.8 Å². The predicted molar refractivity (Wildman–Crippen MR) is 96.0 cm³/mol. The number of urea groups is 1. The molecule has 1 aliphatic heterocycles. The molecule has 24 heavy (non-hydrogen) atoms. The topological polar surface area (TPSA) is 79.6 Å². The van der Waals surface area contributed by atoms with Crippen LogP contribution in [-0.4, -0.2) is 17.8 Å². The van der Waals surface area contributed by atoms with Gasteiger partial charge in [-0.25, -0.2) is 9.69 Å². The minimum Gasteiger partial charge on any atom is -0.465 e. The van der Waals surface area contributed by atoms with Crippen LogP contribution in [0, 0.1) is 3.57 Å².